The molecule has 0 bridgehead atoms. The number of nitrogens with one attached hydrogen (secondary N) is 1. The second kappa shape index (κ2) is 10.8. The number of hydrogen-bond acceptors (Lipinski definition) is 9. The number of anilines is 1. The summed E-state index contributed by atoms with van der Waals surface area (Å²) >= 11 is 6.95. The summed E-state index contributed by atoms with van der Waals surface area (Å²) in [7, 11) is -3.80. The van der Waals surface area contributed by atoms with Crippen molar-refractivity contribution in [1.29, 1.82) is 0 Å². The van der Waals surface area contributed by atoms with Crippen molar-refractivity contribution in [3.05, 3.63) is 71.0 Å². The second-order valence-corrected chi connectivity index (χ2v) is 9.92. The van der Waals surface area contributed by atoms with Gasteiger partial charge in [-0.1, -0.05) is 11.6 Å². The Balaban J connectivity index is 0.00000306. The van der Waals surface area contributed by atoms with Crippen LogP contribution in [0.25, 0.3) is 10.2 Å². The van der Waals surface area contributed by atoms with E-state index in [-0.39, 0.29) is 67.5 Å². The molecular formula is C21H15ClKN3O5S2. The fourth-order valence-electron chi connectivity index (χ4n) is 3.00. The number of benzene rings is 2. The van der Waals surface area contributed by atoms with E-state index in [1.54, 1.807) is 31.2 Å². The second-order valence-electron chi connectivity index (χ2n) is 6.75. The number of fused-ring (bicyclic) bond motifs is 1. The first-order chi connectivity index (χ1) is 15.2. The van der Waals surface area contributed by atoms with Crippen molar-refractivity contribution in [2.45, 2.75) is 11.8 Å². The number of pyridine rings is 1. The Morgan fingerprint density at radius 3 is 2.33 bits per heavy atom. The van der Waals surface area contributed by atoms with Crippen LogP contribution < -0.4 is 66.5 Å². The predicted molar refractivity (Wildman–Crippen MR) is 120 cm³/mol. The van der Waals surface area contributed by atoms with E-state index >= 15 is 0 Å². The maximum absolute atomic E-state index is 12.8. The Bertz CT molecular complexity index is 1410. The van der Waals surface area contributed by atoms with Crippen LogP contribution in [-0.2, 0) is 9.84 Å². The molecule has 12 heteroatoms. The number of carbonyl (C=O) groups excluding carboxylic acids is 1. The minimum absolute atomic E-state index is 0. The van der Waals surface area contributed by atoms with Gasteiger partial charge in [-0.25, -0.2) is 13.4 Å². The molecule has 0 aliphatic heterocycles. The maximum Gasteiger partial charge on any atom is 1.00 e. The molecule has 2 aromatic heterocycles. The van der Waals surface area contributed by atoms with Gasteiger partial charge in [-0.15, -0.1) is 0 Å². The topological polar surface area (TPSA) is 121 Å². The number of rotatable bonds is 7. The average molecular weight is 528 g/mol. The van der Waals surface area contributed by atoms with Crippen LogP contribution in [0.4, 0.5) is 5.69 Å². The fraction of sp³-hybridized carbons (Fsp3) is 0.0952. The van der Waals surface area contributed by atoms with Crippen LogP contribution in [0.15, 0.2) is 59.6 Å². The predicted octanol–water partition coefficient (Wildman–Crippen LogP) is 0.656. The van der Waals surface area contributed by atoms with E-state index in [1.807, 2.05) is 0 Å². The van der Waals surface area contributed by atoms with Gasteiger partial charge in [0.05, 0.1) is 27.6 Å². The first-order valence-electron chi connectivity index (χ1n) is 9.21. The van der Waals surface area contributed by atoms with Gasteiger partial charge in [0.25, 0.3) is 0 Å². The molecule has 33 heavy (non-hydrogen) atoms. The normalized spacial score (nSPS) is 11.1. The third kappa shape index (κ3) is 5.92. The van der Waals surface area contributed by atoms with Crippen LogP contribution in [0, 0.1) is 6.92 Å². The van der Waals surface area contributed by atoms with Crippen molar-refractivity contribution in [2.24, 2.45) is 0 Å². The maximum atomic E-state index is 12.8. The van der Waals surface area contributed by atoms with E-state index in [0.717, 1.165) is 17.7 Å². The van der Waals surface area contributed by atoms with Crippen LogP contribution in [0.2, 0.25) is 5.02 Å². The zero-order valence-corrected chi connectivity index (χ0v) is 23.0. The number of nitrogens with zero attached hydrogens (tertiary/aromatic N) is 2. The Morgan fingerprint density at radius 2 is 1.73 bits per heavy atom. The molecule has 0 saturated carbocycles. The first-order valence-corrected chi connectivity index (χ1v) is 12.0. The molecule has 8 nitrogen and oxygen atoms in total. The van der Waals surface area contributed by atoms with Gasteiger partial charge in [-0.3, -0.25) is 0 Å². The zero-order valence-electron chi connectivity index (χ0n) is 17.5. The standard InChI is InChI=1S/C21H16ClN3O5S2.K/c1-12-18-19(17(21(26)27)10-23-20(18)31-25-12)24-11-32(28,29)16-8-6-15(7-9-16)30-14-4-2-13(22)3-5-14;/h2-10H,11H2,1H3,(H,23,24)(H,26,27);/q;+1/p-1. The minimum atomic E-state index is -3.80. The number of carboxylic acid groups (broad SMARTS) is 1. The molecule has 0 aliphatic rings. The zero-order chi connectivity index (χ0) is 22.9. The summed E-state index contributed by atoms with van der Waals surface area (Å²) in [6.07, 6.45) is 1.13. The number of carbonyl (C=O) groups is 1. The Kier molecular flexibility index (Phi) is 8.51. The van der Waals surface area contributed by atoms with Gasteiger partial charge < -0.3 is 20.0 Å². The number of ether oxygens (including phenoxy) is 1. The van der Waals surface area contributed by atoms with Crippen LogP contribution in [-0.4, -0.2) is 29.6 Å². The summed E-state index contributed by atoms with van der Waals surface area (Å²) in [6.45, 7) is 1.69. The minimum Gasteiger partial charge on any atom is -0.545 e. The third-order valence-corrected chi connectivity index (χ3v) is 7.18. The number of halogens is 1. The van der Waals surface area contributed by atoms with Crippen molar-refractivity contribution < 1.29 is 74.4 Å². The third-order valence-electron chi connectivity index (χ3n) is 4.57. The molecule has 0 fully saturated rings. The average Bonchev–Trinajstić information content (AvgIpc) is 3.15. The number of aromatic carboxylic acids is 1. The molecule has 1 N–H and O–H groups in total. The summed E-state index contributed by atoms with van der Waals surface area (Å²) in [5.74, 6) is -0.982. The van der Waals surface area contributed by atoms with Crippen LogP contribution in [0.5, 0.6) is 11.5 Å². The quantitative estimate of drug-likeness (QED) is 0.348. The Labute approximate surface area is 241 Å². The summed E-state index contributed by atoms with van der Waals surface area (Å²) in [6, 6.07) is 12.7. The van der Waals surface area contributed by atoms with E-state index < -0.39 is 21.7 Å². The van der Waals surface area contributed by atoms with Crippen LogP contribution in [0.1, 0.15) is 16.1 Å². The Hall–Kier alpha value is -1.57. The summed E-state index contributed by atoms with van der Waals surface area (Å²) < 4.78 is 35.5. The van der Waals surface area contributed by atoms with Crippen molar-refractivity contribution in [3.63, 3.8) is 0 Å². The molecule has 0 saturated heterocycles. The van der Waals surface area contributed by atoms with E-state index in [9.17, 15) is 18.3 Å². The molecule has 0 amide bonds. The van der Waals surface area contributed by atoms with Crippen LogP contribution >= 0.6 is 23.1 Å². The molecule has 164 valence electrons. The van der Waals surface area contributed by atoms with Gasteiger partial charge in [0.15, 0.2) is 9.84 Å². The monoisotopic (exact) mass is 527 g/mol. The van der Waals surface area contributed by atoms with Gasteiger partial charge in [0, 0.05) is 16.8 Å². The molecule has 4 aromatic rings. The van der Waals surface area contributed by atoms with Crippen molar-refractivity contribution >= 4 is 54.8 Å². The van der Waals surface area contributed by atoms with E-state index in [0.29, 0.717) is 32.4 Å². The molecule has 0 atom stereocenters. The molecule has 4 rings (SSSR count). The van der Waals surface area contributed by atoms with Gasteiger partial charge in [0.2, 0.25) is 0 Å². The van der Waals surface area contributed by atoms with E-state index in [1.165, 1.54) is 24.3 Å². The van der Waals surface area contributed by atoms with Crippen molar-refractivity contribution in [1.82, 2.24) is 9.36 Å². The molecule has 2 heterocycles. The van der Waals surface area contributed by atoms with E-state index in [4.69, 9.17) is 16.3 Å². The summed E-state index contributed by atoms with van der Waals surface area (Å²) in [5, 5.41) is 15.3. The molecule has 0 spiro atoms. The molecule has 0 radical (unpaired) electrons. The SMILES string of the molecule is Cc1nsc2ncc(C(=O)[O-])c(NCS(=O)(=O)c3ccc(Oc4ccc(Cl)cc4)cc3)c12.[K+]. The molecule has 0 unspecified atom stereocenters. The van der Waals surface area contributed by atoms with Gasteiger partial charge >= 0.3 is 51.4 Å². The summed E-state index contributed by atoms with van der Waals surface area (Å²) in [5.41, 5.74) is 0.430. The van der Waals surface area contributed by atoms with Crippen LogP contribution in [0.3, 0.4) is 0 Å². The number of sulfone groups is 1. The number of carboxylic acids is 1. The molecule has 2 aromatic carbocycles. The van der Waals surface area contributed by atoms with Crippen molar-refractivity contribution in [2.75, 3.05) is 11.2 Å². The van der Waals surface area contributed by atoms with Gasteiger partial charge in [-0.05, 0) is 67.0 Å². The number of aromatic nitrogens is 2. The molecular weight excluding hydrogens is 513 g/mol. The van der Waals surface area contributed by atoms with E-state index in [2.05, 4.69) is 14.7 Å². The molecule has 0 aliphatic carbocycles. The number of aryl methyl sites for hydroxylation is 1. The largest absolute Gasteiger partial charge is 1.00 e. The smallest absolute Gasteiger partial charge is 0.545 e. The van der Waals surface area contributed by atoms with Crippen molar-refractivity contribution in [3.8, 4) is 11.5 Å². The van der Waals surface area contributed by atoms with Gasteiger partial charge in [-0.2, -0.15) is 4.37 Å². The van der Waals surface area contributed by atoms with Gasteiger partial charge in [0.1, 0.15) is 22.2 Å². The summed E-state index contributed by atoms with van der Waals surface area (Å²) in [4.78, 5) is 16.1. The fourth-order valence-corrected chi connectivity index (χ4v) is 4.93. The first kappa shape index (κ1) is 26.0. The number of hydrogen-bond donors (Lipinski definition) is 1. The Morgan fingerprint density at radius 1 is 1.12 bits per heavy atom.